The second-order valence-electron chi connectivity index (χ2n) is 9.93. The molecule has 0 unspecified atom stereocenters. The fourth-order valence-corrected chi connectivity index (χ4v) is 5.12. The molecule has 20 heteroatoms. The molecular weight excluding hydrogens is 656 g/mol. The molecule has 1 aliphatic carbocycles. The molecule has 1 fully saturated rings. The Hall–Kier alpha value is -4.20. The first kappa shape index (κ1) is 39.8. The molecule has 2 amide bonds. The summed E-state index contributed by atoms with van der Waals surface area (Å²) in [6.07, 6.45) is -0.529. The Labute approximate surface area is 261 Å². The van der Waals surface area contributed by atoms with Crippen molar-refractivity contribution in [3.05, 3.63) is 34.0 Å². The van der Waals surface area contributed by atoms with Gasteiger partial charge in [-0.1, -0.05) is 44.3 Å². The first-order valence-electron chi connectivity index (χ1n) is 13.5. The number of alkyl halides is 6. The fourth-order valence-electron chi connectivity index (χ4n) is 4.31. The van der Waals surface area contributed by atoms with Crippen LogP contribution in [0.15, 0.2) is 24.3 Å². The molecule has 0 bridgehead atoms. The highest BCUT2D eigenvalue weighted by Gasteiger charge is 2.39. The minimum atomic E-state index is -5.08. The average molecular weight is 690 g/mol. The largest absolute Gasteiger partial charge is 0.490 e. The maximum Gasteiger partial charge on any atom is 0.490 e. The molecule has 2 aliphatic rings. The number of carboxylic acids is 3. The molecule has 1 aromatic heterocycles. The van der Waals surface area contributed by atoms with Crippen molar-refractivity contribution in [1.82, 2.24) is 15.5 Å². The van der Waals surface area contributed by atoms with Gasteiger partial charge in [-0.05, 0) is 24.5 Å². The molecule has 0 radical (unpaired) electrons. The predicted molar refractivity (Wildman–Crippen MR) is 150 cm³/mol. The van der Waals surface area contributed by atoms with Crippen molar-refractivity contribution in [2.45, 2.75) is 69.5 Å². The highest BCUT2D eigenvalue weighted by molar-refractivity contribution is 7.14. The summed E-state index contributed by atoms with van der Waals surface area (Å²) in [5.41, 5.74) is 5.48. The van der Waals surface area contributed by atoms with E-state index < -0.39 is 42.3 Å². The Balaban J connectivity index is 0.000000629. The standard InChI is InChI=1S/C22H31N5O4S.2C2HF3O2/c23-20(24)18-9-8-15(32-18)12-26-21(30)17-7-4-10-27(17)22(31)16(25-13-19(28)29)11-14-5-2-1-3-6-14;2*3-2(4,5)1(6)7/h4,7-9,14,16-17,25H,1-3,5-6,10-13H2,(H3,23,24)(H,26,30)(H,28,29);2*(H,6,7)/t16-,17+;;/m1../s1. The summed E-state index contributed by atoms with van der Waals surface area (Å²) in [6.45, 7) is 0.310. The van der Waals surface area contributed by atoms with Crippen molar-refractivity contribution in [3.8, 4) is 0 Å². The zero-order valence-electron chi connectivity index (χ0n) is 24.0. The number of hydrogen-bond acceptors (Lipinski definition) is 8. The van der Waals surface area contributed by atoms with Gasteiger partial charge >= 0.3 is 30.3 Å². The summed E-state index contributed by atoms with van der Waals surface area (Å²) in [5, 5.41) is 36.6. The third-order valence-corrected chi connectivity index (χ3v) is 7.57. The van der Waals surface area contributed by atoms with Crippen molar-refractivity contribution < 1.29 is 65.6 Å². The average Bonchev–Trinajstić information content (AvgIpc) is 3.64. The molecule has 0 aromatic carbocycles. The van der Waals surface area contributed by atoms with E-state index in [2.05, 4.69) is 10.6 Å². The van der Waals surface area contributed by atoms with Crippen LogP contribution >= 0.6 is 11.3 Å². The van der Waals surface area contributed by atoms with Crippen molar-refractivity contribution in [2.75, 3.05) is 13.1 Å². The topological polar surface area (TPSA) is 223 Å². The van der Waals surface area contributed by atoms with Gasteiger partial charge in [-0.15, -0.1) is 11.3 Å². The lowest BCUT2D eigenvalue weighted by Gasteiger charge is -2.31. The minimum Gasteiger partial charge on any atom is -0.480 e. The summed E-state index contributed by atoms with van der Waals surface area (Å²) < 4.78 is 63.5. The molecule has 8 N–H and O–H groups in total. The molecule has 1 aliphatic heterocycles. The van der Waals surface area contributed by atoms with Gasteiger partial charge in [-0.25, -0.2) is 9.59 Å². The van der Waals surface area contributed by atoms with Gasteiger partial charge in [0, 0.05) is 11.4 Å². The Morgan fingerprint density at radius 3 is 1.98 bits per heavy atom. The zero-order chi connectivity index (χ0) is 35.2. The smallest absolute Gasteiger partial charge is 0.480 e. The summed E-state index contributed by atoms with van der Waals surface area (Å²) in [6, 6.07) is 2.20. The number of thiophene rings is 1. The Morgan fingerprint density at radius 1 is 0.978 bits per heavy atom. The van der Waals surface area contributed by atoms with E-state index in [-0.39, 0.29) is 30.7 Å². The predicted octanol–water partition coefficient (Wildman–Crippen LogP) is 2.70. The number of aliphatic carboxylic acids is 3. The number of carbonyl (C=O) groups is 5. The van der Waals surface area contributed by atoms with E-state index in [4.69, 9.17) is 36.1 Å². The van der Waals surface area contributed by atoms with Crippen LogP contribution in [0.25, 0.3) is 0 Å². The van der Waals surface area contributed by atoms with Gasteiger partial charge in [-0.2, -0.15) is 26.3 Å². The van der Waals surface area contributed by atoms with E-state index >= 15 is 0 Å². The monoisotopic (exact) mass is 689 g/mol. The molecule has 2 atom stereocenters. The number of nitrogens with one attached hydrogen (secondary N) is 3. The van der Waals surface area contributed by atoms with Crippen LogP contribution in [0.3, 0.4) is 0 Å². The van der Waals surface area contributed by atoms with Gasteiger partial charge in [0.2, 0.25) is 11.8 Å². The van der Waals surface area contributed by atoms with Gasteiger partial charge < -0.3 is 31.3 Å². The van der Waals surface area contributed by atoms with Crippen molar-refractivity contribution in [3.63, 3.8) is 0 Å². The number of amides is 2. The van der Waals surface area contributed by atoms with Gasteiger partial charge in [0.05, 0.1) is 24.0 Å². The number of carboxylic acid groups (broad SMARTS) is 3. The molecule has 258 valence electrons. The molecule has 3 rings (SSSR count). The molecule has 0 spiro atoms. The number of amidine groups is 1. The first-order valence-corrected chi connectivity index (χ1v) is 14.3. The number of nitrogens with zero attached hydrogens (tertiary/aromatic N) is 1. The lowest BCUT2D eigenvalue weighted by atomic mass is 9.84. The third kappa shape index (κ3) is 14.3. The lowest BCUT2D eigenvalue weighted by Crippen LogP contribution is -2.53. The van der Waals surface area contributed by atoms with Gasteiger partial charge in [0.1, 0.15) is 11.9 Å². The molecule has 1 saturated carbocycles. The SMILES string of the molecule is N=C(N)c1ccc(CNC(=O)[C@@H]2C=CCN2C(=O)[C@@H](CC2CCCCC2)NCC(=O)O)s1.O=C(O)C(F)(F)F.O=C(O)C(F)(F)F. The fraction of sp³-hybridized carbons (Fsp3) is 0.538. The summed E-state index contributed by atoms with van der Waals surface area (Å²) in [4.78, 5) is 58.0. The maximum atomic E-state index is 13.3. The van der Waals surface area contributed by atoms with Gasteiger partial charge in [0.25, 0.3) is 0 Å². The number of halogens is 6. The summed E-state index contributed by atoms with van der Waals surface area (Å²) in [7, 11) is 0. The van der Waals surface area contributed by atoms with E-state index in [1.165, 1.54) is 22.7 Å². The summed E-state index contributed by atoms with van der Waals surface area (Å²) in [5.74, 6) is -6.69. The number of carbonyl (C=O) groups excluding carboxylic acids is 2. The second-order valence-corrected chi connectivity index (χ2v) is 11.1. The maximum absolute atomic E-state index is 13.3. The molecule has 2 heterocycles. The van der Waals surface area contributed by atoms with Crippen LogP contribution in [-0.4, -0.2) is 93.3 Å². The second kappa shape index (κ2) is 18.1. The molecular formula is C26H33F6N5O8S. The quantitative estimate of drug-likeness (QED) is 0.0823. The van der Waals surface area contributed by atoms with Crippen LogP contribution in [0.5, 0.6) is 0 Å². The van der Waals surface area contributed by atoms with E-state index in [9.17, 15) is 40.7 Å². The van der Waals surface area contributed by atoms with Crippen LogP contribution < -0.4 is 16.4 Å². The van der Waals surface area contributed by atoms with Crippen molar-refractivity contribution in [1.29, 1.82) is 5.41 Å². The van der Waals surface area contributed by atoms with Gasteiger partial charge in [0.15, 0.2) is 0 Å². The van der Waals surface area contributed by atoms with Crippen LogP contribution in [-0.2, 0) is 30.5 Å². The number of nitrogens with two attached hydrogens (primary N) is 1. The van der Waals surface area contributed by atoms with E-state index in [1.807, 2.05) is 6.07 Å². The van der Waals surface area contributed by atoms with E-state index in [0.29, 0.717) is 23.8 Å². The molecule has 1 aromatic rings. The highest BCUT2D eigenvalue weighted by Crippen LogP contribution is 2.28. The van der Waals surface area contributed by atoms with Crippen LogP contribution in [0.2, 0.25) is 0 Å². The third-order valence-electron chi connectivity index (χ3n) is 6.45. The Morgan fingerprint density at radius 2 is 1.52 bits per heavy atom. The number of hydrogen-bond donors (Lipinski definition) is 7. The van der Waals surface area contributed by atoms with Crippen molar-refractivity contribution >= 4 is 46.9 Å². The molecule has 46 heavy (non-hydrogen) atoms. The number of rotatable bonds is 10. The molecule has 13 nitrogen and oxygen atoms in total. The Bertz CT molecular complexity index is 1240. The summed E-state index contributed by atoms with van der Waals surface area (Å²) >= 11 is 1.34. The Kier molecular flexibility index (Phi) is 15.6. The highest BCUT2D eigenvalue weighted by atomic mass is 32.1. The first-order chi connectivity index (χ1) is 21.2. The van der Waals surface area contributed by atoms with Crippen molar-refractivity contribution in [2.24, 2.45) is 11.7 Å². The van der Waals surface area contributed by atoms with Crippen LogP contribution in [0.4, 0.5) is 26.3 Å². The minimum absolute atomic E-state index is 0.0130. The lowest BCUT2D eigenvalue weighted by molar-refractivity contribution is -0.193. The van der Waals surface area contributed by atoms with E-state index in [1.54, 1.807) is 18.2 Å². The zero-order valence-corrected chi connectivity index (χ0v) is 24.8. The van der Waals surface area contributed by atoms with E-state index in [0.717, 1.165) is 30.6 Å². The van der Waals surface area contributed by atoms with Crippen LogP contribution in [0.1, 0.15) is 48.3 Å². The normalized spacial score (nSPS) is 17.1. The van der Waals surface area contributed by atoms with Crippen LogP contribution in [0, 0.1) is 11.3 Å². The number of nitrogen functional groups attached to an aromatic ring is 1. The molecule has 0 saturated heterocycles. The van der Waals surface area contributed by atoms with Gasteiger partial charge in [-0.3, -0.25) is 25.1 Å².